The van der Waals surface area contributed by atoms with Crippen LogP contribution in [0.2, 0.25) is 0 Å². The summed E-state index contributed by atoms with van der Waals surface area (Å²) in [6.45, 7) is 5.92. The first-order valence-corrected chi connectivity index (χ1v) is 10.4. The highest BCUT2D eigenvalue weighted by Crippen LogP contribution is 2.33. The number of aromatic nitrogens is 4. The van der Waals surface area contributed by atoms with E-state index in [1.807, 2.05) is 0 Å². The number of thioether (sulfide) groups is 1. The normalized spacial score (nSPS) is 24.5. The molecular weight excluding hydrogens is 392 g/mol. The largest absolute Gasteiger partial charge is 0.394 e. The lowest BCUT2D eigenvalue weighted by molar-refractivity contribution is -0.0511. The Kier molecular flexibility index (Phi) is 5.58. The second-order valence-electron chi connectivity index (χ2n) is 7.39. The zero-order valence-corrected chi connectivity index (χ0v) is 17.3. The summed E-state index contributed by atoms with van der Waals surface area (Å²) >= 11 is 1.70. The molecule has 0 bridgehead atoms. The Bertz CT molecular complexity index is 1020. The summed E-state index contributed by atoms with van der Waals surface area (Å²) in [6.07, 6.45) is -1.09. The fourth-order valence-corrected chi connectivity index (χ4v) is 4.90. The molecule has 0 radical (unpaired) electrons. The van der Waals surface area contributed by atoms with Crippen molar-refractivity contribution in [3.8, 4) is 0 Å². The van der Waals surface area contributed by atoms with Gasteiger partial charge in [-0.15, -0.1) is 11.8 Å². The quantitative estimate of drug-likeness (QED) is 0.538. The topological polar surface area (TPSA) is 114 Å². The number of rotatable bonds is 5. The molecule has 2 aromatic heterocycles. The van der Waals surface area contributed by atoms with Gasteiger partial charge in [0.15, 0.2) is 11.9 Å². The van der Waals surface area contributed by atoms with Gasteiger partial charge in [0.05, 0.1) is 18.6 Å². The van der Waals surface area contributed by atoms with Crippen molar-refractivity contribution in [1.82, 2.24) is 19.5 Å². The highest BCUT2D eigenvalue weighted by molar-refractivity contribution is 7.98. The molecule has 3 N–H and O–H groups in total. The molecule has 8 nitrogen and oxygen atoms in total. The fourth-order valence-electron chi connectivity index (χ4n) is 3.84. The molecule has 1 aliphatic heterocycles. The molecule has 0 amide bonds. The standard InChI is InChI=1S/C20H24N4O4S/c1-10-4-11(2)18(12(3)5-10)29-7-13-15-19(22-8-21-13)24(9-23-15)20-17(27)16(26)14(6-25)28-20/h4-5,8-9,14,16-17,20,25-27H,6-7H2,1-3H3/t14-,16-,17-,20-/m1/s1. The van der Waals surface area contributed by atoms with E-state index in [0.717, 1.165) is 5.69 Å². The molecular formula is C20H24N4O4S. The number of aliphatic hydroxyl groups is 3. The fraction of sp³-hybridized carbons (Fsp3) is 0.450. The molecule has 1 aliphatic rings. The Morgan fingerprint density at radius 1 is 1.07 bits per heavy atom. The van der Waals surface area contributed by atoms with Gasteiger partial charge >= 0.3 is 0 Å². The SMILES string of the molecule is Cc1cc(C)c(SCc2ncnc3c2ncn3[C@@H]2O[C@H](CO)[C@@H](O)[C@H]2O)c(C)c1. The third kappa shape index (κ3) is 3.64. The van der Waals surface area contributed by atoms with Crippen molar-refractivity contribution in [2.75, 3.05) is 6.61 Å². The molecule has 154 valence electrons. The van der Waals surface area contributed by atoms with Crippen molar-refractivity contribution >= 4 is 22.9 Å². The molecule has 29 heavy (non-hydrogen) atoms. The Balaban J connectivity index is 1.62. The van der Waals surface area contributed by atoms with Gasteiger partial charge in [0.2, 0.25) is 0 Å². The van der Waals surface area contributed by atoms with Gasteiger partial charge in [-0.25, -0.2) is 15.0 Å². The molecule has 0 unspecified atom stereocenters. The summed E-state index contributed by atoms with van der Waals surface area (Å²) in [6, 6.07) is 4.34. The monoisotopic (exact) mass is 416 g/mol. The Morgan fingerprint density at radius 3 is 2.45 bits per heavy atom. The molecule has 4 atom stereocenters. The van der Waals surface area contributed by atoms with E-state index in [1.54, 1.807) is 16.3 Å². The summed E-state index contributed by atoms with van der Waals surface area (Å²) in [5.74, 6) is 0.622. The van der Waals surface area contributed by atoms with E-state index >= 15 is 0 Å². The molecule has 4 rings (SSSR count). The number of ether oxygens (including phenoxy) is 1. The van der Waals surface area contributed by atoms with Crippen LogP contribution >= 0.6 is 11.8 Å². The first kappa shape index (κ1) is 20.2. The van der Waals surface area contributed by atoms with E-state index in [0.29, 0.717) is 16.9 Å². The minimum Gasteiger partial charge on any atom is -0.394 e. The number of imidazole rings is 1. The van der Waals surface area contributed by atoms with Gasteiger partial charge in [-0.3, -0.25) is 4.57 Å². The lowest BCUT2D eigenvalue weighted by Gasteiger charge is -2.16. The number of hydrogen-bond donors (Lipinski definition) is 3. The Morgan fingerprint density at radius 2 is 1.79 bits per heavy atom. The maximum atomic E-state index is 10.3. The van der Waals surface area contributed by atoms with Gasteiger partial charge in [0, 0.05) is 10.6 Å². The van der Waals surface area contributed by atoms with Crippen LogP contribution in [-0.2, 0) is 10.5 Å². The van der Waals surface area contributed by atoms with Crippen molar-refractivity contribution in [3.05, 3.63) is 47.2 Å². The molecule has 3 heterocycles. The van der Waals surface area contributed by atoms with Gasteiger partial charge in [-0.05, 0) is 31.9 Å². The number of benzene rings is 1. The van der Waals surface area contributed by atoms with E-state index in [2.05, 4.69) is 47.9 Å². The van der Waals surface area contributed by atoms with Gasteiger partial charge < -0.3 is 20.1 Å². The van der Waals surface area contributed by atoms with Crippen LogP contribution < -0.4 is 0 Å². The maximum Gasteiger partial charge on any atom is 0.165 e. The third-order valence-electron chi connectivity index (χ3n) is 5.18. The average molecular weight is 417 g/mol. The van der Waals surface area contributed by atoms with Crippen molar-refractivity contribution in [1.29, 1.82) is 0 Å². The van der Waals surface area contributed by atoms with Crippen LogP contribution in [0.15, 0.2) is 29.7 Å². The van der Waals surface area contributed by atoms with Gasteiger partial charge in [-0.1, -0.05) is 17.7 Å². The molecule has 1 fully saturated rings. The minimum absolute atomic E-state index is 0.381. The molecule has 0 aliphatic carbocycles. The maximum absolute atomic E-state index is 10.3. The van der Waals surface area contributed by atoms with Crippen LogP contribution in [0.1, 0.15) is 28.6 Å². The molecule has 0 spiro atoms. The predicted molar refractivity (Wildman–Crippen MR) is 109 cm³/mol. The lowest BCUT2D eigenvalue weighted by atomic mass is 10.1. The summed E-state index contributed by atoms with van der Waals surface area (Å²) < 4.78 is 7.19. The van der Waals surface area contributed by atoms with E-state index in [1.165, 1.54) is 34.2 Å². The van der Waals surface area contributed by atoms with Crippen LogP contribution in [0.25, 0.3) is 11.2 Å². The summed E-state index contributed by atoms with van der Waals surface area (Å²) in [7, 11) is 0. The number of aryl methyl sites for hydroxylation is 3. The Hall–Kier alpha value is -2.04. The van der Waals surface area contributed by atoms with Gasteiger partial charge in [-0.2, -0.15) is 0 Å². The first-order chi connectivity index (χ1) is 13.9. The number of hydrogen-bond acceptors (Lipinski definition) is 8. The molecule has 1 saturated heterocycles. The van der Waals surface area contributed by atoms with Crippen LogP contribution in [0.5, 0.6) is 0 Å². The molecule has 1 aromatic carbocycles. The second kappa shape index (κ2) is 8.00. The summed E-state index contributed by atoms with van der Waals surface area (Å²) in [5, 5.41) is 29.7. The highest BCUT2D eigenvalue weighted by atomic mass is 32.2. The molecule has 3 aromatic rings. The van der Waals surface area contributed by atoms with E-state index in [9.17, 15) is 15.3 Å². The summed E-state index contributed by atoms with van der Waals surface area (Å²) in [5.41, 5.74) is 5.63. The van der Waals surface area contributed by atoms with Crippen molar-refractivity contribution in [2.24, 2.45) is 0 Å². The van der Waals surface area contributed by atoms with Crippen molar-refractivity contribution in [2.45, 2.75) is 56.0 Å². The lowest BCUT2D eigenvalue weighted by Crippen LogP contribution is -2.33. The zero-order valence-electron chi connectivity index (χ0n) is 16.5. The van der Waals surface area contributed by atoms with Gasteiger partial charge in [0.1, 0.15) is 30.2 Å². The predicted octanol–water partition coefficient (Wildman–Crippen LogP) is 1.66. The van der Waals surface area contributed by atoms with E-state index < -0.39 is 24.5 Å². The Labute approximate surface area is 172 Å². The highest BCUT2D eigenvalue weighted by Gasteiger charge is 2.44. The number of aliphatic hydroxyl groups excluding tert-OH is 3. The molecule has 9 heteroatoms. The number of nitrogens with zero attached hydrogens (tertiary/aromatic N) is 4. The second-order valence-corrected chi connectivity index (χ2v) is 8.38. The zero-order chi connectivity index (χ0) is 20.7. The van der Waals surface area contributed by atoms with Crippen LogP contribution in [0, 0.1) is 20.8 Å². The van der Waals surface area contributed by atoms with Crippen LogP contribution in [-0.4, -0.2) is 59.8 Å². The third-order valence-corrected chi connectivity index (χ3v) is 6.53. The first-order valence-electron chi connectivity index (χ1n) is 9.40. The van der Waals surface area contributed by atoms with Gasteiger partial charge in [0.25, 0.3) is 0 Å². The van der Waals surface area contributed by atoms with Crippen LogP contribution in [0.4, 0.5) is 0 Å². The summed E-state index contributed by atoms with van der Waals surface area (Å²) in [4.78, 5) is 14.4. The van der Waals surface area contributed by atoms with Crippen molar-refractivity contribution < 1.29 is 20.1 Å². The smallest absolute Gasteiger partial charge is 0.165 e. The molecule has 0 saturated carbocycles. The average Bonchev–Trinajstić information content (AvgIpc) is 3.23. The van der Waals surface area contributed by atoms with E-state index in [-0.39, 0.29) is 6.61 Å². The van der Waals surface area contributed by atoms with E-state index in [4.69, 9.17) is 4.74 Å². The van der Waals surface area contributed by atoms with Crippen LogP contribution in [0.3, 0.4) is 0 Å². The van der Waals surface area contributed by atoms with Crippen molar-refractivity contribution in [3.63, 3.8) is 0 Å². The minimum atomic E-state index is -1.19. The number of fused-ring (bicyclic) bond motifs is 1.